The predicted octanol–water partition coefficient (Wildman–Crippen LogP) is 2.78. The predicted molar refractivity (Wildman–Crippen MR) is 74.1 cm³/mol. The quantitative estimate of drug-likeness (QED) is 0.760. The Balaban J connectivity index is 2.71. The molecule has 0 saturated carbocycles. The van der Waals surface area contributed by atoms with Crippen LogP contribution in [0.25, 0.3) is 0 Å². The van der Waals surface area contributed by atoms with Crippen molar-refractivity contribution >= 4 is 11.9 Å². The second kappa shape index (κ2) is 7.63. The molecule has 1 unspecified atom stereocenters. The second-order valence-corrected chi connectivity index (χ2v) is 4.70. The molecule has 2 N–H and O–H groups in total. The first-order valence-corrected chi connectivity index (χ1v) is 6.53. The van der Waals surface area contributed by atoms with Crippen molar-refractivity contribution < 1.29 is 27.9 Å². The van der Waals surface area contributed by atoms with Crippen LogP contribution in [0.3, 0.4) is 0 Å². The highest BCUT2D eigenvalue weighted by atomic mass is 19.4. The highest BCUT2D eigenvalue weighted by Crippen LogP contribution is 2.29. The fourth-order valence-corrected chi connectivity index (χ4v) is 1.83. The van der Waals surface area contributed by atoms with E-state index in [-0.39, 0.29) is 18.4 Å². The summed E-state index contributed by atoms with van der Waals surface area (Å²) in [7, 11) is 0. The summed E-state index contributed by atoms with van der Waals surface area (Å²) in [6, 6.07) is 3.29. The van der Waals surface area contributed by atoms with Crippen LogP contribution in [0.4, 0.5) is 13.2 Å². The van der Waals surface area contributed by atoms with Gasteiger partial charge in [0, 0.05) is 0 Å². The van der Waals surface area contributed by atoms with E-state index in [0.29, 0.717) is 6.42 Å². The summed E-state index contributed by atoms with van der Waals surface area (Å²) in [6.07, 6.45) is -2.70. The SMILES string of the molecule is C=CCCC(NC(=O)Cc1cccc(C(F)(F)F)c1)C(=O)O. The molecule has 7 heteroatoms. The number of allylic oxidation sites excluding steroid dienone is 1. The number of halogens is 3. The molecule has 120 valence electrons. The van der Waals surface area contributed by atoms with E-state index in [4.69, 9.17) is 5.11 Å². The summed E-state index contributed by atoms with van der Waals surface area (Å²) < 4.78 is 37.7. The van der Waals surface area contributed by atoms with Crippen LogP contribution in [-0.4, -0.2) is 23.0 Å². The van der Waals surface area contributed by atoms with Gasteiger partial charge in [-0.2, -0.15) is 13.2 Å². The van der Waals surface area contributed by atoms with E-state index in [9.17, 15) is 22.8 Å². The molecule has 0 bridgehead atoms. The van der Waals surface area contributed by atoms with E-state index in [1.54, 1.807) is 0 Å². The number of alkyl halides is 3. The number of benzene rings is 1. The van der Waals surface area contributed by atoms with Crippen molar-refractivity contribution in [1.29, 1.82) is 0 Å². The summed E-state index contributed by atoms with van der Waals surface area (Å²) in [5.74, 6) is -1.84. The summed E-state index contributed by atoms with van der Waals surface area (Å²) in [5, 5.41) is 11.3. The van der Waals surface area contributed by atoms with E-state index in [1.165, 1.54) is 18.2 Å². The van der Waals surface area contributed by atoms with Crippen molar-refractivity contribution in [2.24, 2.45) is 0 Å². The lowest BCUT2D eigenvalue weighted by Gasteiger charge is -2.14. The number of carbonyl (C=O) groups excluding carboxylic acids is 1. The standard InChI is InChI=1S/C15H16F3NO3/c1-2-3-7-12(14(21)22)19-13(20)9-10-5-4-6-11(8-10)15(16,17)18/h2,4-6,8,12H,1,3,7,9H2,(H,19,20)(H,21,22). The molecule has 0 spiro atoms. The number of aliphatic carboxylic acids is 1. The van der Waals surface area contributed by atoms with Crippen LogP contribution in [-0.2, 0) is 22.2 Å². The summed E-state index contributed by atoms with van der Waals surface area (Å²) >= 11 is 0. The average Bonchev–Trinajstić information content (AvgIpc) is 2.42. The molecule has 0 saturated heterocycles. The van der Waals surface area contributed by atoms with Crippen molar-refractivity contribution in [3.8, 4) is 0 Å². The lowest BCUT2D eigenvalue weighted by molar-refractivity contribution is -0.141. The first-order chi connectivity index (χ1) is 10.2. The van der Waals surface area contributed by atoms with Gasteiger partial charge < -0.3 is 10.4 Å². The minimum Gasteiger partial charge on any atom is -0.480 e. The van der Waals surface area contributed by atoms with Crippen LogP contribution >= 0.6 is 0 Å². The molecule has 0 radical (unpaired) electrons. The molecule has 22 heavy (non-hydrogen) atoms. The van der Waals surface area contributed by atoms with Gasteiger partial charge in [-0.15, -0.1) is 6.58 Å². The molecule has 1 atom stereocenters. The van der Waals surface area contributed by atoms with Crippen molar-refractivity contribution in [3.63, 3.8) is 0 Å². The van der Waals surface area contributed by atoms with Crippen LogP contribution < -0.4 is 5.32 Å². The Hall–Kier alpha value is -2.31. The number of carbonyl (C=O) groups is 2. The zero-order valence-electron chi connectivity index (χ0n) is 11.7. The van der Waals surface area contributed by atoms with Gasteiger partial charge in [0.1, 0.15) is 6.04 Å². The van der Waals surface area contributed by atoms with Crippen molar-refractivity contribution in [3.05, 3.63) is 48.0 Å². The van der Waals surface area contributed by atoms with Gasteiger partial charge in [-0.25, -0.2) is 4.79 Å². The molecule has 1 aromatic carbocycles. The molecule has 1 rings (SSSR count). The maximum Gasteiger partial charge on any atom is 0.416 e. The van der Waals surface area contributed by atoms with Gasteiger partial charge in [0.25, 0.3) is 0 Å². The van der Waals surface area contributed by atoms with Gasteiger partial charge in [-0.3, -0.25) is 4.79 Å². The molecular weight excluding hydrogens is 299 g/mol. The Bertz CT molecular complexity index is 555. The third-order valence-electron chi connectivity index (χ3n) is 2.91. The zero-order chi connectivity index (χ0) is 16.8. The number of carboxylic acids is 1. The molecule has 0 aromatic heterocycles. The van der Waals surface area contributed by atoms with Crippen LogP contribution in [0.5, 0.6) is 0 Å². The van der Waals surface area contributed by atoms with Gasteiger partial charge in [-0.05, 0) is 24.5 Å². The van der Waals surface area contributed by atoms with Crippen molar-refractivity contribution in [1.82, 2.24) is 5.32 Å². The zero-order valence-corrected chi connectivity index (χ0v) is 11.7. The lowest BCUT2D eigenvalue weighted by atomic mass is 10.1. The van der Waals surface area contributed by atoms with Crippen molar-refractivity contribution in [2.75, 3.05) is 0 Å². The Labute approximate surface area is 125 Å². The summed E-state index contributed by atoms with van der Waals surface area (Å²) in [5.41, 5.74) is -0.681. The van der Waals surface area contributed by atoms with Gasteiger partial charge in [0.2, 0.25) is 5.91 Å². The Kier molecular flexibility index (Phi) is 6.15. The average molecular weight is 315 g/mol. The Morgan fingerprint density at radius 1 is 1.36 bits per heavy atom. The third-order valence-corrected chi connectivity index (χ3v) is 2.91. The molecule has 0 aliphatic heterocycles. The highest BCUT2D eigenvalue weighted by molar-refractivity contribution is 5.84. The monoisotopic (exact) mass is 315 g/mol. The Morgan fingerprint density at radius 2 is 2.05 bits per heavy atom. The second-order valence-electron chi connectivity index (χ2n) is 4.70. The number of carboxylic acid groups (broad SMARTS) is 1. The fraction of sp³-hybridized carbons (Fsp3) is 0.333. The van der Waals surface area contributed by atoms with Gasteiger partial charge >= 0.3 is 12.1 Å². The molecule has 0 aliphatic rings. The van der Waals surface area contributed by atoms with E-state index >= 15 is 0 Å². The molecule has 0 heterocycles. The number of hydrogen-bond acceptors (Lipinski definition) is 2. The minimum atomic E-state index is -4.49. The molecular formula is C15H16F3NO3. The van der Waals surface area contributed by atoms with E-state index < -0.39 is 29.7 Å². The number of nitrogens with one attached hydrogen (secondary N) is 1. The van der Waals surface area contributed by atoms with Crippen LogP contribution in [0, 0.1) is 0 Å². The van der Waals surface area contributed by atoms with Gasteiger partial charge in [0.05, 0.1) is 12.0 Å². The highest BCUT2D eigenvalue weighted by Gasteiger charge is 2.30. The number of rotatable bonds is 7. The first kappa shape index (κ1) is 17.7. The molecule has 0 aliphatic carbocycles. The number of amides is 1. The fourth-order valence-electron chi connectivity index (χ4n) is 1.83. The van der Waals surface area contributed by atoms with Gasteiger partial charge in [-0.1, -0.05) is 24.3 Å². The topological polar surface area (TPSA) is 66.4 Å². The van der Waals surface area contributed by atoms with Crippen molar-refractivity contribution in [2.45, 2.75) is 31.5 Å². The van der Waals surface area contributed by atoms with E-state index in [1.807, 2.05) is 0 Å². The maximum absolute atomic E-state index is 12.6. The molecule has 4 nitrogen and oxygen atoms in total. The van der Waals surface area contributed by atoms with Crippen LogP contribution in [0.1, 0.15) is 24.0 Å². The summed E-state index contributed by atoms with van der Waals surface area (Å²) in [4.78, 5) is 22.8. The Morgan fingerprint density at radius 3 is 2.59 bits per heavy atom. The lowest BCUT2D eigenvalue weighted by Crippen LogP contribution is -2.41. The van der Waals surface area contributed by atoms with Gasteiger partial charge in [0.15, 0.2) is 0 Å². The molecule has 1 aromatic rings. The largest absolute Gasteiger partial charge is 0.480 e. The first-order valence-electron chi connectivity index (χ1n) is 6.53. The smallest absolute Gasteiger partial charge is 0.416 e. The van der Waals surface area contributed by atoms with E-state index in [2.05, 4.69) is 11.9 Å². The summed E-state index contributed by atoms with van der Waals surface area (Å²) in [6.45, 7) is 3.46. The van der Waals surface area contributed by atoms with Crippen LogP contribution in [0.15, 0.2) is 36.9 Å². The molecule has 0 fully saturated rings. The van der Waals surface area contributed by atoms with Crippen LogP contribution in [0.2, 0.25) is 0 Å². The minimum absolute atomic E-state index is 0.167. The maximum atomic E-state index is 12.6. The molecule has 1 amide bonds. The van der Waals surface area contributed by atoms with E-state index in [0.717, 1.165) is 12.1 Å². The number of hydrogen-bond donors (Lipinski definition) is 2. The third kappa shape index (κ3) is 5.59. The normalized spacial score (nSPS) is 12.5.